The lowest BCUT2D eigenvalue weighted by Crippen LogP contribution is -2.48. The SMILES string of the molecule is Cc1nn(C)cc1NC(=O)CN1CCN(c2nc3ccccc3o2)CC1. The molecule has 0 bridgehead atoms. The number of nitrogens with zero attached hydrogens (tertiary/aromatic N) is 5. The zero-order chi connectivity index (χ0) is 18.1. The minimum Gasteiger partial charge on any atom is -0.423 e. The maximum atomic E-state index is 12.3. The van der Waals surface area contributed by atoms with Gasteiger partial charge in [0.25, 0.3) is 6.01 Å². The number of aromatic nitrogens is 3. The first-order valence-corrected chi connectivity index (χ1v) is 8.71. The maximum Gasteiger partial charge on any atom is 0.298 e. The molecule has 1 amide bonds. The number of carbonyl (C=O) groups is 1. The average Bonchev–Trinajstić information content (AvgIpc) is 3.18. The van der Waals surface area contributed by atoms with Crippen LogP contribution in [0.15, 0.2) is 34.9 Å². The number of piperazine rings is 1. The lowest BCUT2D eigenvalue weighted by molar-refractivity contribution is -0.117. The smallest absolute Gasteiger partial charge is 0.298 e. The molecule has 4 rings (SSSR count). The van der Waals surface area contributed by atoms with Crippen LogP contribution in [0.1, 0.15) is 5.69 Å². The molecule has 1 saturated heterocycles. The number of hydrogen-bond donors (Lipinski definition) is 1. The number of hydrogen-bond acceptors (Lipinski definition) is 6. The summed E-state index contributed by atoms with van der Waals surface area (Å²) in [4.78, 5) is 21.1. The molecule has 136 valence electrons. The van der Waals surface area contributed by atoms with E-state index in [1.807, 2.05) is 44.4 Å². The number of anilines is 2. The summed E-state index contributed by atoms with van der Waals surface area (Å²) < 4.78 is 7.52. The minimum absolute atomic E-state index is 0.0172. The summed E-state index contributed by atoms with van der Waals surface area (Å²) in [5.74, 6) is -0.0172. The Morgan fingerprint density at radius 1 is 1.23 bits per heavy atom. The van der Waals surface area contributed by atoms with E-state index < -0.39 is 0 Å². The molecule has 26 heavy (non-hydrogen) atoms. The molecule has 1 aromatic carbocycles. The van der Waals surface area contributed by atoms with Gasteiger partial charge in [-0.15, -0.1) is 0 Å². The molecule has 1 fully saturated rings. The Kier molecular flexibility index (Phi) is 4.34. The average molecular weight is 354 g/mol. The van der Waals surface area contributed by atoms with E-state index in [4.69, 9.17) is 4.42 Å². The zero-order valence-corrected chi connectivity index (χ0v) is 15.0. The van der Waals surface area contributed by atoms with Crippen molar-refractivity contribution < 1.29 is 9.21 Å². The van der Waals surface area contributed by atoms with Crippen LogP contribution in [0.2, 0.25) is 0 Å². The molecule has 8 nitrogen and oxygen atoms in total. The second-order valence-electron chi connectivity index (χ2n) is 6.58. The monoisotopic (exact) mass is 354 g/mol. The van der Waals surface area contributed by atoms with Gasteiger partial charge in [0.2, 0.25) is 5.91 Å². The zero-order valence-electron chi connectivity index (χ0n) is 15.0. The highest BCUT2D eigenvalue weighted by Crippen LogP contribution is 2.22. The summed E-state index contributed by atoms with van der Waals surface area (Å²) in [6, 6.07) is 8.42. The van der Waals surface area contributed by atoms with Crippen LogP contribution in [0.25, 0.3) is 11.1 Å². The van der Waals surface area contributed by atoms with E-state index in [9.17, 15) is 4.79 Å². The summed E-state index contributed by atoms with van der Waals surface area (Å²) in [5, 5.41) is 7.17. The van der Waals surface area contributed by atoms with Crippen LogP contribution in [0.4, 0.5) is 11.7 Å². The molecular formula is C18H22N6O2. The Hall–Kier alpha value is -2.87. The van der Waals surface area contributed by atoms with Crippen molar-refractivity contribution in [2.24, 2.45) is 7.05 Å². The number of fused-ring (bicyclic) bond motifs is 1. The third kappa shape index (κ3) is 3.41. The number of nitrogens with one attached hydrogen (secondary N) is 1. The van der Waals surface area contributed by atoms with E-state index in [1.165, 1.54) is 0 Å². The molecule has 0 radical (unpaired) electrons. The molecule has 1 aliphatic heterocycles. The van der Waals surface area contributed by atoms with Gasteiger partial charge >= 0.3 is 0 Å². The molecule has 1 aliphatic rings. The van der Waals surface area contributed by atoms with E-state index in [0.717, 1.165) is 48.7 Å². The Morgan fingerprint density at radius 3 is 2.69 bits per heavy atom. The van der Waals surface area contributed by atoms with E-state index in [-0.39, 0.29) is 5.91 Å². The van der Waals surface area contributed by atoms with Crippen molar-refractivity contribution in [2.75, 3.05) is 42.9 Å². The fourth-order valence-corrected chi connectivity index (χ4v) is 3.21. The molecule has 0 saturated carbocycles. The Labute approximate surface area is 151 Å². The number of aryl methyl sites for hydroxylation is 2. The van der Waals surface area contributed by atoms with Gasteiger partial charge in [-0.1, -0.05) is 12.1 Å². The van der Waals surface area contributed by atoms with E-state index in [1.54, 1.807) is 4.68 Å². The van der Waals surface area contributed by atoms with Gasteiger partial charge in [0, 0.05) is 39.4 Å². The molecular weight excluding hydrogens is 332 g/mol. The minimum atomic E-state index is -0.0172. The third-order valence-electron chi connectivity index (χ3n) is 4.58. The van der Waals surface area contributed by atoms with Crippen molar-refractivity contribution in [3.05, 3.63) is 36.2 Å². The normalized spacial score (nSPS) is 15.5. The van der Waals surface area contributed by atoms with Crippen LogP contribution in [0.3, 0.4) is 0 Å². The highest BCUT2D eigenvalue weighted by Gasteiger charge is 2.22. The summed E-state index contributed by atoms with van der Waals surface area (Å²) >= 11 is 0. The van der Waals surface area contributed by atoms with Gasteiger partial charge in [0.05, 0.1) is 17.9 Å². The van der Waals surface area contributed by atoms with E-state index in [2.05, 4.69) is 25.2 Å². The van der Waals surface area contributed by atoms with Gasteiger partial charge in [-0.2, -0.15) is 10.1 Å². The molecule has 0 spiro atoms. The van der Waals surface area contributed by atoms with Gasteiger partial charge in [-0.3, -0.25) is 14.4 Å². The van der Waals surface area contributed by atoms with Crippen LogP contribution >= 0.6 is 0 Å². The number of rotatable bonds is 4. The van der Waals surface area contributed by atoms with E-state index in [0.29, 0.717) is 12.6 Å². The number of amides is 1. The first-order valence-electron chi connectivity index (χ1n) is 8.71. The standard InChI is InChI=1S/C18H22N6O2/c1-13-15(11-22(2)21-13)19-17(25)12-23-7-9-24(10-8-23)18-20-14-5-3-4-6-16(14)26-18/h3-6,11H,7-10,12H2,1-2H3,(H,19,25). The summed E-state index contributed by atoms with van der Waals surface area (Å²) in [6.45, 7) is 5.40. The summed E-state index contributed by atoms with van der Waals surface area (Å²) in [5.41, 5.74) is 3.26. The summed E-state index contributed by atoms with van der Waals surface area (Å²) in [7, 11) is 1.84. The lowest BCUT2D eigenvalue weighted by Gasteiger charge is -2.33. The predicted octanol–water partition coefficient (Wildman–Crippen LogP) is 1.63. The van der Waals surface area contributed by atoms with Gasteiger partial charge in [-0.25, -0.2) is 0 Å². The van der Waals surface area contributed by atoms with Crippen molar-refractivity contribution >= 4 is 28.7 Å². The Bertz CT molecular complexity index is 890. The Balaban J connectivity index is 1.32. The van der Waals surface area contributed by atoms with Gasteiger partial charge in [0.15, 0.2) is 5.58 Å². The highest BCUT2D eigenvalue weighted by atomic mass is 16.4. The molecule has 2 aromatic heterocycles. The molecule has 3 heterocycles. The van der Waals surface area contributed by atoms with Crippen LogP contribution in [-0.4, -0.2) is 58.3 Å². The van der Waals surface area contributed by atoms with Crippen molar-refractivity contribution in [3.63, 3.8) is 0 Å². The van der Waals surface area contributed by atoms with Gasteiger partial charge < -0.3 is 14.6 Å². The second-order valence-corrected chi connectivity index (χ2v) is 6.58. The Morgan fingerprint density at radius 2 is 2.00 bits per heavy atom. The van der Waals surface area contributed by atoms with Gasteiger partial charge in [0.1, 0.15) is 5.52 Å². The van der Waals surface area contributed by atoms with Crippen LogP contribution in [-0.2, 0) is 11.8 Å². The fraction of sp³-hybridized carbons (Fsp3) is 0.389. The maximum absolute atomic E-state index is 12.3. The van der Waals surface area contributed by atoms with Crippen molar-refractivity contribution in [1.29, 1.82) is 0 Å². The van der Waals surface area contributed by atoms with Crippen molar-refractivity contribution in [2.45, 2.75) is 6.92 Å². The number of carbonyl (C=O) groups excluding carboxylic acids is 1. The molecule has 0 aliphatic carbocycles. The lowest BCUT2D eigenvalue weighted by atomic mass is 10.3. The fourth-order valence-electron chi connectivity index (χ4n) is 3.21. The number of oxazole rings is 1. The van der Waals surface area contributed by atoms with E-state index >= 15 is 0 Å². The molecule has 3 aromatic rings. The van der Waals surface area contributed by atoms with Crippen molar-refractivity contribution in [1.82, 2.24) is 19.7 Å². The quantitative estimate of drug-likeness (QED) is 0.767. The topological polar surface area (TPSA) is 79.4 Å². The second kappa shape index (κ2) is 6.80. The van der Waals surface area contributed by atoms with Crippen LogP contribution in [0.5, 0.6) is 0 Å². The first kappa shape index (κ1) is 16.6. The number of para-hydroxylation sites is 2. The van der Waals surface area contributed by atoms with Gasteiger partial charge in [-0.05, 0) is 19.1 Å². The summed E-state index contributed by atoms with van der Waals surface area (Å²) in [6.07, 6.45) is 1.82. The first-order chi connectivity index (χ1) is 12.6. The van der Waals surface area contributed by atoms with Crippen LogP contribution in [0, 0.1) is 6.92 Å². The highest BCUT2D eigenvalue weighted by molar-refractivity contribution is 5.92. The number of benzene rings is 1. The molecule has 8 heteroatoms. The predicted molar refractivity (Wildman–Crippen MR) is 99.2 cm³/mol. The van der Waals surface area contributed by atoms with Crippen molar-refractivity contribution in [3.8, 4) is 0 Å². The largest absolute Gasteiger partial charge is 0.423 e. The third-order valence-corrected chi connectivity index (χ3v) is 4.58. The molecule has 1 N–H and O–H groups in total. The van der Waals surface area contributed by atoms with Crippen LogP contribution < -0.4 is 10.2 Å². The molecule has 0 unspecified atom stereocenters. The molecule has 0 atom stereocenters.